The highest BCUT2D eigenvalue weighted by Gasteiger charge is 2.30. The van der Waals surface area contributed by atoms with E-state index >= 15 is 0 Å². The quantitative estimate of drug-likeness (QED) is 0.860. The fraction of sp³-hybridized carbons (Fsp3) is 0.722. The van der Waals surface area contributed by atoms with Crippen LogP contribution in [0.4, 0.5) is 0 Å². The number of nitrogens with zero attached hydrogens (tertiary/aromatic N) is 3. The van der Waals surface area contributed by atoms with Crippen molar-refractivity contribution >= 4 is 5.91 Å². The molecule has 1 atom stereocenters. The van der Waals surface area contributed by atoms with Crippen LogP contribution in [0.15, 0.2) is 6.07 Å². The molecule has 1 amide bonds. The molecule has 0 aromatic carbocycles. The maximum atomic E-state index is 12.5. The largest absolute Gasteiger partial charge is 0.342 e. The molecule has 3 rings (SSSR count). The topological polar surface area (TPSA) is 46.1 Å². The summed E-state index contributed by atoms with van der Waals surface area (Å²) < 4.78 is 0. The highest BCUT2D eigenvalue weighted by atomic mass is 16.2. The zero-order chi connectivity index (χ0) is 15.5. The van der Waals surface area contributed by atoms with Crippen molar-refractivity contribution in [3.8, 4) is 0 Å². The Bertz CT molecular complexity index is 517. The van der Waals surface area contributed by atoms with Crippen molar-refractivity contribution in [1.82, 2.24) is 14.9 Å². The molecule has 0 N–H and O–H groups in total. The molecule has 2 heterocycles. The summed E-state index contributed by atoms with van der Waals surface area (Å²) in [5.41, 5.74) is 2.05. The maximum Gasteiger partial charge on any atom is 0.222 e. The van der Waals surface area contributed by atoms with Crippen molar-refractivity contribution in [1.29, 1.82) is 0 Å². The lowest BCUT2D eigenvalue weighted by molar-refractivity contribution is -0.131. The summed E-state index contributed by atoms with van der Waals surface area (Å²) in [5, 5.41) is 0. The van der Waals surface area contributed by atoms with E-state index in [1.807, 2.05) is 24.8 Å². The minimum atomic E-state index is 0.314. The number of aryl methyl sites for hydroxylation is 2. The summed E-state index contributed by atoms with van der Waals surface area (Å²) in [6, 6.07) is 2.00. The molecule has 2 aliphatic rings. The first-order chi connectivity index (χ1) is 10.6. The molecule has 4 nitrogen and oxygen atoms in total. The smallest absolute Gasteiger partial charge is 0.222 e. The van der Waals surface area contributed by atoms with Gasteiger partial charge in [0.2, 0.25) is 5.91 Å². The summed E-state index contributed by atoms with van der Waals surface area (Å²) in [5.74, 6) is 2.20. The molecule has 0 bridgehead atoms. The Kier molecular flexibility index (Phi) is 4.74. The van der Waals surface area contributed by atoms with Gasteiger partial charge in [-0.15, -0.1) is 0 Å². The zero-order valence-corrected chi connectivity index (χ0v) is 13.8. The van der Waals surface area contributed by atoms with Gasteiger partial charge in [0.1, 0.15) is 5.82 Å². The third-order valence-electron chi connectivity index (χ3n) is 5.09. The third-order valence-corrected chi connectivity index (χ3v) is 5.09. The first-order valence-corrected chi connectivity index (χ1v) is 8.72. The minimum absolute atomic E-state index is 0.314. The van der Waals surface area contributed by atoms with Crippen molar-refractivity contribution < 1.29 is 4.79 Å². The van der Waals surface area contributed by atoms with E-state index in [0.717, 1.165) is 43.1 Å². The van der Waals surface area contributed by atoms with Gasteiger partial charge in [0.05, 0.1) is 0 Å². The van der Waals surface area contributed by atoms with Crippen molar-refractivity contribution in [2.24, 2.45) is 5.92 Å². The Balaban J connectivity index is 1.58. The van der Waals surface area contributed by atoms with Gasteiger partial charge >= 0.3 is 0 Å². The minimum Gasteiger partial charge on any atom is -0.342 e. The summed E-state index contributed by atoms with van der Waals surface area (Å²) >= 11 is 0. The molecule has 22 heavy (non-hydrogen) atoms. The van der Waals surface area contributed by atoms with Gasteiger partial charge in [-0.1, -0.05) is 19.3 Å². The van der Waals surface area contributed by atoms with Crippen molar-refractivity contribution in [3.63, 3.8) is 0 Å². The van der Waals surface area contributed by atoms with Gasteiger partial charge in [-0.25, -0.2) is 9.97 Å². The number of amides is 1. The summed E-state index contributed by atoms with van der Waals surface area (Å²) in [4.78, 5) is 23.7. The van der Waals surface area contributed by atoms with Crippen molar-refractivity contribution in [2.45, 2.75) is 64.7 Å². The molecule has 1 unspecified atom stereocenters. The molecule has 0 radical (unpaired) electrons. The Hall–Kier alpha value is -1.45. The van der Waals surface area contributed by atoms with Gasteiger partial charge in [0, 0.05) is 36.8 Å². The normalized spacial score (nSPS) is 23.0. The number of likely N-dealkylation sites (tertiary alicyclic amines) is 1. The van der Waals surface area contributed by atoms with Gasteiger partial charge < -0.3 is 4.90 Å². The number of carbonyl (C=O) groups is 1. The van der Waals surface area contributed by atoms with E-state index < -0.39 is 0 Å². The highest BCUT2D eigenvalue weighted by molar-refractivity contribution is 5.76. The van der Waals surface area contributed by atoms with E-state index in [9.17, 15) is 4.79 Å². The van der Waals surface area contributed by atoms with Crippen LogP contribution in [-0.2, 0) is 4.79 Å². The second-order valence-corrected chi connectivity index (χ2v) is 7.04. The highest BCUT2D eigenvalue weighted by Crippen LogP contribution is 2.30. The van der Waals surface area contributed by atoms with Crippen LogP contribution in [-0.4, -0.2) is 33.9 Å². The molecule has 1 aromatic rings. The van der Waals surface area contributed by atoms with E-state index in [2.05, 4.69) is 9.97 Å². The molecule has 1 aliphatic heterocycles. The van der Waals surface area contributed by atoms with E-state index in [0.29, 0.717) is 17.7 Å². The van der Waals surface area contributed by atoms with Crippen LogP contribution < -0.4 is 0 Å². The van der Waals surface area contributed by atoms with E-state index in [1.165, 1.54) is 32.1 Å². The lowest BCUT2D eigenvalue weighted by atomic mass is 9.87. The number of aromatic nitrogens is 2. The Morgan fingerprint density at radius 3 is 2.50 bits per heavy atom. The number of hydrogen-bond acceptors (Lipinski definition) is 3. The molecule has 4 heteroatoms. The number of carbonyl (C=O) groups excluding carboxylic acids is 1. The standard InChI is InChI=1S/C18H27N3O/c1-13-10-14(2)20-18(19-13)16-8-9-21(12-16)17(22)11-15-6-4-3-5-7-15/h10,15-16H,3-9,11-12H2,1-2H3. The van der Waals surface area contributed by atoms with Gasteiger partial charge in [-0.2, -0.15) is 0 Å². The Morgan fingerprint density at radius 2 is 1.82 bits per heavy atom. The predicted molar refractivity (Wildman–Crippen MR) is 86.6 cm³/mol. The summed E-state index contributed by atoms with van der Waals surface area (Å²) in [7, 11) is 0. The fourth-order valence-corrected chi connectivity index (χ4v) is 3.90. The van der Waals surface area contributed by atoms with Gasteiger partial charge in [0.15, 0.2) is 0 Å². The predicted octanol–water partition coefficient (Wildman–Crippen LogP) is 3.38. The molecule has 2 fully saturated rings. The molecule has 0 spiro atoms. The lowest BCUT2D eigenvalue weighted by Crippen LogP contribution is -2.30. The average Bonchev–Trinajstić information content (AvgIpc) is 2.97. The van der Waals surface area contributed by atoms with E-state index in [-0.39, 0.29) is 0 Å². The summed E-state index contributed by atoms with van der Waals surface area (Å²) in [6.07, 6.45) is 8.18. The van der Waals surface area contributed by atoms with E-state index in [4.69, 9.17) is 0 Å². The third kappa shape index (κ3) is 3.65. The molecular formula is C18H27N3O. The maximum absolute atomic E-state index is 12.5. The summed E-state index contributed by atoms with van der Waals surface area (Å²) in [6.45, 7) is 5.69. The second kappa shape index (κ2) is 6.76. The Morgan fingerprint density at radius 1 is 1.14 bits per heavy atom. The van der Waals surface area contributed by atoms with Crippen molar-refractivity contribution in [3.05, 3.63) is 23.3 Å². The van der Waals surface area contributed by atoms with Crippen LogP contribution in [0.5, 0.6) is 0 Å². The van der Waals surface area contributed by atoms with Gasteiger partial charge in [-0.3, -0.25) is 4.79 Å². The van der Waals surface area contributed by atoms with Crippen LogP contribution >= 0.6 is 0 Å². The van der Waals surface area contributed by atoms with Crippen molar-refractivity contribution in [2.75, 3.05) is 13.1 Å². The number of rotatable bonds is 3. The van der Waals surface area contributed by atoms with Crippen LogP contribution in [0.1, 0.15) is 68.1 Å². The van der Waals surface area contributed by atoms with Gasteiger partial charge in [0.25, 0.3) is 0 Å². The average molecular weight is 301 g/mol. The SMILES string of the molecule is Cc1cc(C)nc(C2CCN(C(=O)CC3CCCCC3)C2)n1. The second-order valence-electron chi connectivity index (χ2n) is 7.04. The van der Waals surface area contributed by atoms with Crippen LogP contribution in [0.2, 0.25) is 0 Å². The lowest BCUT2D eigenvalue weighted by Gasteiger charge is -2.24. The van der Waals surface area contributed by atoms with Crippen LogP contribution in [0.25, 0.3) is 0 Å². The monoisotopic (exact) mass is 301 g/mol. The number of hydrogen-bond donors (Lipinski definition) is 0. The van der Waals surface area contributed by atoms with Gasteiger partial charge in [-0.05, 0) is 45.1 Å². The molecule has 120 valence electrons. The fourth-order valence-electron chi connectivity index (χ4n) is 3.90. The molecular weight excluding hydrogens is 274 g/mol. The Labute approximate surface area is 133 Å². The molecule has 1 saturated carbocycles. The first kappa shape index (κ1) is 15.4. The molecule has 1 saturated heterocycles. The molecule has 1 aliphatic carbocycles. The van der Waals surface area contributed by atoms with E-state index in [1.54, 1.807) is 0 Å². The van der Waals surface area contributed by atoms with Crippen LogP contribution in [0.3, 0.4) is 0 Å². The van der Waals surface area contributed by atoms with Crippen LogP contribution in [0, 0.1) is 19.8 Å². The first-order valence-electron chi connectivity index (χ1n) is 8.72. The molecule has 1 aromatic heterocycles. The zero-order valence-electron chi connectivity index (χ0n) is 13.8.